The largest absolute Gasteiger partial charge is 0.349 e. The minimum Gasteiger partial charge on any atom is -0.349 e. The minimum absolute atomic E-state index is 0.0310. The van der Waals surface area contributed by atoms with Crippen molar-refractivity contribution >= 4 is 46.3 Å². The molecule has 4 rings (SSSR count). The van der Waals surface area contributed by atoms with Crippen molar-refractivity contribution in [1.82, 2.24) is 5.32 Å². The maximum absolute atomic E-state index is 13.3. The Morgan fingerprint density at radius 2 is 1.84 bits per heavy atom. The monoisotopic (exact) mass is 366 g/mol. The van der Waals surface area contributed by atoms with Gasteiger partial charge in [-0.1, -0.05) is 36.4 Å². The standard InChI is InChI=1S/C20H18N2OS2/c1-12-8-9-14(10-13(12)2)16-11-25-18-17(16)19(23)22(20(24)21-18)15-6-4-3-5-7-15/h3-11,17-18H,1-2H3,(H,21,24). The lowest BCUT2D eigenvalue weighted by molar-refractivity contribution is -0.120. The molecule has 3 nitrogen and oxygen atoms in total. The summed E-state index contributed by atoms with van der Waals surface area (Å²) in [7, 11) is 0. The lowest BCUT2D eigenvalue weighted by atomic mass is 9.89. The molecule has 0 radical (unpaired) electrons. The van der Waals surface area contributed by atoms with Gasteiger partial charge in [0.15, 0.2) is 5.11 Å². The summed E-state index contributed by atoms with van der Waals surface area (Å²) in [5, 5.41) is 5.87. The van der Waals surface area contributed by atoms with Gasteiger partial charge >= 0.3 is 0 Å². The van der Waals surface area contributed by atoms with E-state index in [1.807, 2.05) is 30.3 Å². The summed E-state index contributed by atoms with van der Waals surface area (Å²) in [5.41, 5.74) is 5.48. The second-order valence-electron chi connectivity index (χ2n) is 6.37. The number of para-hydroxylation sites is 1. The van der Waals surface area contributed by atoms with Crippen LogP contribution in [0.25, 0.3) is 5.57 Å². The van der Waals surface area contributed by atoms with Gasteiger partial charge in [-0.3, -0.25) is 9.69 Å². The number of carbonyl (C=O) groups is 1. The molecule has 25 heavy (non-hydrogen) atoms. The number of thioether (sulfide) groups is 1. The van der Waals surface area contributed by atoms with E-state index in [-0.39, 0.29) is 17.2 Å². The molecule has 0 aliphatic carbocycles. The highest BCUT2D eigenvalue weighted by atomic mass is 32.2. The van der Waals surface area contributed by atoms with Crippen LogP contribution in [0, 0.1) is 19.8 Å². The van der Waals surface area contributed by atoms with Gasteiger partial charge in [0.1, 0.15) is 0 Å². The Morgan fingerprint density at radius 1 is 1.08 bits per heavy atom. The SMILES string of the molecule is Cc1ccc(C2=CSC3NC(=S)N(c4ccccc4)C(=O)C23)cc1C. The Bertz CT molecular complexity index is 892. The van der Waals surface area contributed by atoms with Crippen LogP contribution in [-0.2, 0) is 4.79 Å². The lowest BCUT2D eigenvalue weighted by Crippen LogP contribution is -2.58. The molecule has 2 aromatic rings. The molecule has 1 N–H and O–H groups in total. The number of hydrogen-bond acceptors (Lipinski definition) is 3. The number of benzene rings is 2. The van der Waals surface area contributed by atoms with E-state index < -0.39 is 0 Å². The van der Waals surface area contributed by atoms with E-state index in [0.717, 1.165) is 16.8 Å². The van der Waals surface area contributed by atoms with Crippen LogP contribution in [0.4, 0.5) is 5.69 Å². The third-order valence-corrected chi connectivity index (χ3v) is 6.16. The van der Waals surface area contributed by atoms with E-state index in [4.69, 9.17) is 12.2 Å². The van der Waals surface area contributed by atoms with Gasteiger partial charge in [-0.15, -0.1) is 11.8 Å². The zero-order chi connectivity index (χ0) is 17.6. The van der Waals surface area contributed by atoms with Crippen LogP contribution in [0.15, 0.2) is 53.9 Å². The van der Waals surface area contributed by atoms with Gasteiger partial charge in [-0.05, 0) is 65.9 Å². The molecule has 0 saturated carbocycles. The van der Waals surface area contributed by atoms with Crippen molar-refractivity contribution in [3.63, 3.8) is 0 Å². The predicted molar refractivity (Wildman–Crippen MR) is 108 cm³/mol. The molecule has 2 unspecified atom stereocenters. The number of thiocarbonyl (C=S) groups is 1. The highest BCUT2D eigenvalue weighted by Crippen LogP contribution is 2.44. The van der Waals surface area contributed by atoms with Crippen LogP contribution in [0.5, 0.6) is 0 Å². The van der Waals surface area contributed by atoms with Gasteiger partial charge in [0.25, 0.3) is 0 Å². The number of amides is 1. The fourth-order valence-electron chi connectivity index (χ4n) is 3.26. The zero-order valence-electron chi connectivity index (χ0n) is 14.0. The van der Waals surface area contributed by atoms with Crippen LogP contribution in [0.3, 0.4) is 0 Å². The molecule has 0 bridgehead atoms. The fraction of sp³-hybridized carbons (Fsp3) is 0.200. The highest BCUT2D eigenvalue weighted by molar-refractivity contribution is 8.03. The third kappa shape index (κ3) is 2.77. The lowest BCUT2D eigenvalue weighted by Gasteiger charge is -2.36. The summed E-state index contributed by atoms with van der Waals surface area (Å²) in [5.74, 6) is -0.201. The molecule has 1 saturated heterocycles. The summed E-state index contributed by atoms with van der Waals surface area (Å²) in [6.07, 6.45) is 0. The first-order chi connectivity index (χ1) is 12.1. The average molecular weight is 367 g/mol. The van der Waals surface area contributed by atoms with E-state index in [0.29, 0.717) is 5.11 Å². The van der Waals surface area contributed by atoms with Crippen molar-refractivity contribution < 1.29 is 4.79 Å². The van der Waals surface area contributed by atoms with Gasteiger partial charge in [-0.25, -0.2) is 0 Å². The number of fused-ring (bicyclic) bond motifs is 1. The van der Waals surface area contributed by atoms with Crippen LogP contribution < -0.4 is 10.2 Å². The predicted octanol–water partition coefficient (Wildman–Crippen LogP) is 4.25. The van der Waals surface area contributed by atoms with Gasteiger partial charge in [0.05, 0.1) is 17.0 Å². The topological polar surface area (TPSA) is 32.3 Å². The van der Waals surface area contributed by atoms with E-state index in [1.165, 1.54) is 11.1 Å². The summed E-state index contributed by atoms with van der Waals surface area (Å²) in [6, 6.07) is 16.0. The zero-order valence-corrected chi connectivity index (χ0v) is 15.7. The quantitative estimate of drug-likeness (QED) is 0.805. The maximum atomic E-state index is 13.3. The van der Waals surface area contributed by atoms with Gasteiger partial charge < -0.3 is 5.32 Å². The van der Waals surface area contributed by atoms with Gasteiger partial charge in [0, 0.05) is 0 Å². The van der Waals surface area contributed by atoms with Crippen LogP contribution in [-0.4, -0.2) is 16.4 Å². The van der Waals surface area contributed by atoms with Crippen molar-refractivity contribution in [2.24, 2.45) is 5.92 Å². The Morgan fingerprint density at radius 3 is 2.56 bits per heavy atom. The molecular weight excluding hydrogens is 348 g/mol. The second-order valence-corrected chi connectivity index (χ2v) is 7.77. The molecule has 126 valence electrons. The Kier molecular flexibility index (Phi) is 4.13. The van der Waals surface area contributed by atoms with Crippen molar-refractivity contribution in [1.29, 1.82) is 0 Å². The molecular formula is C20H18N2OS2. The molecule has 1 amide bonds. The van der Waals surface area contributed by atoms with Crippen molar-refractivity contribution in [2.75, 3.05) is 4.90 Å². The molecule has 0 aromatic heterocycles. The molecule has 5 heteroatoms. The summed E-state index contributed by atoms with van der Waals surface area (Å²) in [6.45, 7) is 4.20. The number of carbonyl (C=O) groups excluding carboxylic acids is 1. The highest BCUT2D eigenvalue weighted by Gasteiger charge is 2.45. The second kappa shape index (κ2) is 6.32. The molecule has 2 heterocycles. The third-order valence-electron chi connectivity index (χ3n) is 4.79. The number of nitrogens with zero attached hydrogens (tertiary/aromatic N) is 1. The summed E-state index contributed by atoms with van der Waals surface area (Å²) < 4.78 is 0. The van der Waals surface area contributed by atoms with E-state index in [1.54, 1.807) is 16.7 Å². The van der Waals surface area contributed by atoms with Crippen molar-refractivity contribution in [3.05, 3.63) is 70.6 Å². The van der Waals surface area contributed by atoms with E-state index in [2.05, 4.69) is 42.8 Å². The molecule has 2 aromatic carbocycles. The minimum atomic E-state index is -0.237. The smallest absolute Gasteiger partial charge is 0.243 e. The summed E-state index contributed by atoms with van der Waals surface area (Å²) in [4.78, 5) is 14.9. The number of hydrogen-bond donors (Lipinski definition) is 1. The maximum Gasteiger partial charge on any atom is 0.243 e. The Hall–Kier alpha value is -2.11. The molecule has 0 spiro atoms. The molecule has 2 atom stereocenters. The Balaban J connectivity index is 1.71. The van der Waals surface area contributed by atoms with E-state index in [9.17, 15) is 4.79 Å². The molecule has 2 aliphatic heterocycles. The number of anilines is 1. The first-order valence-corrected chi connectivity index (χ1v) is 9.54. The molecule has 2 aliphatic rings. The van der Waals surface area contributed by atoms with Crippen LogP contribution >= 0.6 is 24.0 Å². The summed E-state index contributed by atoms with van der Waals surface area (Å²) >= 11 is 7.10. The van der Waals surface area contributed by atoms with E-state index >= 15 is 0 Å². The fourth-order valence-corrected chi connectivity index (χ4v) is 4.83. The molecule has 1 fully saturated rings. The Labute approximate surface area is 157 Å². The number of aryl methyl sites for hydroxylation is 2. The first-order valence-electron chi connectivity index (χ1n) is 8.19. The van der Waals surface area contributed by atoms with Gasteiger partial charge in [0.2, 0.25) is 5.91 Å². The normalized spacial score (nSPS) is 22.5. The first kappa shape index (κ1) is 16.4. The van der Waals surface area contributed by atoms with Crippen molar-refractivity contribution in [3.8, 4) is 0 Å². The van der Waals surface area contributed by atoms with Gasteiger partial charge in [-0.2, -0.15) is 0 Å². The van der Waals surface area contributed by atoms with Crippen LogP contribution in [0.1, 0.15) is 16.7 Å². The number of rotatable bonds is 2. The number of nitrogens with one attached hydrogen (secondary N) is 1. The van der Waals surface area contributed by atoms with Crippen LogP contribution in [0.2, 0.25) is 0 Å². The average Bonchev–Trinajstić information content (AvgIpc) is 3.02. The van der Waals surface area contributed by atoms with Crippen molar-refractivity contribution in [2.45, 2.75) is 19.2 Å².